The lowest BCUT2D eigenvalue weighted by Crippen LogP contribution is -2.09. The van der Waals surface area contributed by atoms with Gasteiger partial charge in [0.1, 0.15) is 0 Å². The summed E-state index contributed by atoms with van der Waals surface area (Å²) in [6.07, 6.45) is 7.82. The first kappa shape index (κ1) is 18.7. The maximum Gasteiger partial charge on any atom is 0.305 e. The summed E-state index contributed by atoms with van der Waals surface area (Å²) in [6.45, 7) is 4.24. The van der Waals surface area contributed by atoms with Crippen LogP contribution in [0.15, 0.2) is 54.9 Å². The Morgan fingerprint density at radius 3 is 2.56 bits per heavy atom. The highest BCUT2D eigenvalue weighted by Crippen LogP contribution is 2.25. The summed E-state index contributed by atoms with van der Waals surface area (Å²) in [6, 6.07) is 12.8. The minimum atomic E-state index is -0.166. The van der Waals surface area contributed by atoms with Crippen LogP contribution >= 0.6 is 0 Å². The molecule has 0 spiro atoms. The molecule has 0 atom stereocenters. The fourth-order valence-electron chi connectivity index (χ4n) is 2.60. The summed E-state index contributed by atoms with van der Waals surface area (Å²) in [5.74, 6) is -0.166. The lowest BCUT2D eigenvalue weighted by Gasteiger charge is -2.12. The van der Waals surface area contributed by atoms with Crippen molar-refractivity contribution < 1.29 is 9.53 Å². The number of hydrogen-bond acceptors (Lipinski definition) is 4. The largest absolute Gasteiger partial charge is 0.469 e. The van der Waals surface area contributed by atoms with Crippen LogP contribution in [0.25, 0.3) is 5.57 Å². The molecule has 2 rings (SSSR count). The summed E-state index contributed by atoms with van der Waals surface area (Å²) < 4.78 is 4.69. The molecule has 0 fully saturated rings. The minimum absolute atomic E-state index is 0.166. The highest BCUT2D eigenvalue weighted by molar-refractivity contribution is 5.80. The maximum absolute atomic E-state index is 11.3. The van der Waals surface area contributed by atoms with Crippen molar-refractivity contribution in [2.75, 3.05) is 12.4 Å². The van der Waals surface area contributed by atoms with Crippen LogP contribution in [0.5, 0.6) is 0 Å². The quantitative estimate of drug-likeness (QED) is 0.561. The van der Waals surface area contributed by atoms with E-state index >= 15 is 0 Å². The molecule has 0 unspecified atom stereocenters. The smallest absolute Gasteiger partial charge is 0.305 e. The molecule has 1 N–H and O–H groups in total. The van der Waals surface area contributed by atoms with Gasteiger partial charge in [-0.05, 0) is 56.0 Å². The van der Waals surface area contributed by atoms with Gasteiger partial charge < -0.3 is 10.1 Å². The first-order chi connectivity index (χ1) is 12.1. The van der Waals surface area contributed by atoms with Gasteiger partial charge in [0.05, 0.1) is 7.11 Å². The molecule has 132 valence electrons. The number of allylic oxidation sites excluding steroid dienone is 1. The summed E-state index contributed by atoms with van der Waals surface area (Å²) >= 11 is 0. The lowest BCUT2D eigenvalue weighted by molar-refractivity contribution is -0.140. The van der Waals surface area contributed by atoms with E-state index in [1.54, 1.807) is 6.20 Å². The first-order valence-corrected chi connectivity index (χ1v) is 8.64. The molecule has 1 heterocycles. The Morgan fingerprint density at radius 1 is 1.20 bits per heavy atom. The number of nitrogens with one attached hydrogen (secondary N) is 1. The van der Waals surface area contributed by atoms with Gasteiger partial charge in [0, 0.05) is 36.1 Å². The number of esters is 1. The van der Waals surface area contributed by atoms with E-state index in [9.17, 15) is 4.79 Å². The second-order valence-electron chi connectivity index (χ2n) is 6.20. The molecule has 0 aliphatic carbocycles. The Morgan fingerprint density at radius 2 is 1.96 bits per heavy atom. The van der Waals surface area contributed by atoms with Crippen LogP contribution in [0, 0.1) is 0 Å². The van der Waals surface area contributed by atoms with Gasteiger partial charge in [-0.2, -0.15) is 0 Å². The van der Waals surface area contributed by atoms with Gasteiger partial charge in [0.25, 0.3) is 0 Å². The zero-order chi connectivity index (χ0) is 18.1. The number of ether oxygens (including phenoxy) is 1. The maximum atomic E-state index is 11.3. The van der Waals surface area contributed by atoms with Crippen LogP contribution in [0.3, 0.4) is 0 Å². The summed E-state index contributed by atoms with van der Waals surface area (Å²) in [5, 5.41) is 3.40. The number of hydrogen-bond donors (Lipinski definition) is 1. The Kier molecular flexibility index (Phi) is 7.20. The average Bonchev–Trinajstić information content (AvgIpc) is 2.62. The predicted molar refractivity (Wildman–Crippen MR) is 102 cm³/mol. The second-order valence-corrected chi connectivity index (χ2v) is 6.20. The number of unbranched alkanes of at least 4 members (excludes halogenated alkanes) is 1. The molecule has 0 saturated carbocycles. The van der Waals surface area contributed by atoms with E-state index in [0.717, 1.165) is 35.2 Å². The number of anilines is 1. The van der Waals surface area contributed by atoms with Crippen LogP contribution in [-0.4, -0.2) is 24.1 Å². The molecule has 0 saturated heterocycles. The molecule has 0 radical (unpaired) electrons. The van der Waals surface area contributed by atoms with Crippen molar-refractivity contribution >= 4 is 17.2 Å². The van der Waals surface area contributed by atoms with Crippen LogP contribution in [0.1, 0.15) is 44.2 Å². The van der Waals surface area contributed by atoms with E-state index in [0.29, 0.717) is 12.5 Å². The van der Waals surface area contributed by atoms with Gasteiger partial charge in [-0.1, -0.05) is 24.3 Å². The van der Waals surface area contributed by atoms with E-state index in [-0.39, 0.29) is 5.97 Å². The Bertz CT molecular complexity index is 692. The summed E-state index contributed by atoms with van der Waals surface area (Å²) in [4.78, 5) is 15.5. The number of carbonyl (C=O) groups excluding carboxylic acids is 1. The van der Waals surface area contributed by atoms with E-state index in [1.165, 1.54) is 7.11 Å². The number of carbonyl (C=O) groups is 1. The molecule has 0 aliphatic heterocycles. The number of nitrogens with zero attached hydrogens (tertiary/aromatic N) is 1. The Labute approximate surface area is 149 Å². The van der Waals surface area contributed by atoms with Crippen molar-refractivity contribution in [3.8, 4) is 0 Å². The average molecular weight is 338 g/mol. The van der Waals surface area contributed by atoms with E-state index in [4.69, 9.17) is 4.74 Å². The first-order valence-electron chi connectivity index (χ1n) is 8.64. The van der Waals surface area contributed by atoms with Gasteiger partial charge in [-0.15, -0.1) is 0 Å². The predicted octanol–water partition coefficient (Wildman–Crippen LogP) is 4.68. The molecule has 1 aromatic heterocycles. The number of benzene rings is 1. The number of aromatic nitrogens is 1. The molecule has 4 nitrogen and oxygen atoms in total. The SMILES string of the molecule is COC(=O)CCC/C=C(/c1ccc(NC(C)C)cc1)c1cccnc1. The molecule has 2 aromatic rings. The summed E-state index contributed by atoms with van der Waals surface area (Å²) in [5.41, 5.74) is 4.45. The number of rotatable bonds is 8. The highest BCUT2D eigenvalue weighted by Gasteiger charge is 2.06. The molecule has 4 heteroatoms. The minimum Gasteiger partial charge on any atom is -0.469 e. The third kappa shape index (κ3) is 6.07. The van der Waals surface area contributed by atoms with E-state index in [1.807, 2.05) is 12.3 Å². The third-order valence-electron chi connectivity index (χ3n) is 3.78. The molecule has 25 heavy (non-hydrogen) atoms. The van der Waals surface area contributed by atoms with Gasteiger partial charge in [0.2, 0.25) is 0 Å². The van der Waals surface area contributed by atoms with Crippen LogP contribution in [-0.2, 0) is 9.53 Å². The molecule has 1 aromatic carbocycles. The van der Waals surface area contributed by atoms with Crippen molar-refractivity contribution in [1.29, 1.82) is 0 Å². The van der Waals surface area contributed by atoms with Gasteiger partial charge in [-0.3, -0.25) is 9.78 Å². The van der Waals surface area contributed by atoms with Crippen LogP contribution in [0.4, 0.5) is 5.69 Å². The third-order valence-corrected chi connectivity index (χ3v) is 3.78. The van der Waals surface area contributed by atoms with Crippen molar-refractivity contribution in [1.82, 2.24) is 4.98 Å². The van der Waals surface area contributed by atoms with Crippen molar-refractivity contribution in [3.63, 3.8) is 0 Å². The number of methoxy groups -OCH3 is 1. The van der Waals surface area contributed by atoms with Crippen molar-refractivity contribution in [3.05, 3.63) is 66.0 Å². The van der Waals surface area contributed by atoms with Gasteiger partial charge >= 0.3 is 5.97 Å². The molecule has 0 bridgehead atoms. The zero-order valence-electron chi connectivity index (χ0n) is 15.2. The monoisotopic (exact) mass is 338 g/mol. The molecule has 0 amide bonds. The molecular formula is C21H26N2O2. The molecule has 0 aliphatic rings. The fourth-order valence-corrected chi connectivity index (χ4v) is 2.60. The Hall–Kier alpha value is -2.62. The topological polar surface area (TPSA) is 51.2 Å². The van der Waals surface area contributed by atoms with Crippen molar-refractivity contribution in [2.45, 2.75) is 39.2 Å². The Balaban J connectivity index is 2.18. The second kappa shape index (κ2) is 9.62. The lowest BCUT2D eigenvalue weighted by atomic mass is 9.97. The standard InChI is InChI=1S/C21H26N2O2/c1-16(2)23-19-12-10-17(11-13-19)20(18-7-6-14-22-15-18)8-4-5-9-21(24)25-3/h6-8,10-16,23H,4-5,9H2,1-3H3/b20-8-. The van der Waals surface area contributed by atoms with Crippen molar-refractivity contribution in [2.24, 2.45) is 0 Å². The van der Waals surface area contributed by atoms with E-state index in [2.05, 4.69) is 60.6 Å². The van der Waals surface area contributed by atoms with E-state index < -0.39 is 0 Å². The van der Waals surface area contributed by atoms with Gasteiger partial charge in [-0.25, -0.2) is 0 Å². The van der Waals surface area contributed by atoms with Gasteiger partial charge in [0.15, 0.2) is 0 Å². The highest BCUT2D eigenvalue weighted by atomic mass is 16.5. The molecular weight excluding hydrogens is 312 g/mol. The summed E-state index contributed by atoms with van der Waals surface area (Å²) in [7, 11) is 1.42. The zero-order valence-corrected chi connectivity index (χ0v) is 15.2. The fraction of sp³-hybridized carbons (Fsp3) is 0.333. The van der Waals surface area contributed by atoms with Crippen LogP contribution < -0.4 is 5.32 Å². The normalized spacial score (nSPS) is 11.4. The van der Waals surface area contributed by atoms with Crippen LogP contribution in [0.2, 0.25) is 0 Å². The number of pyridine rings is 1.